The highest BCUT2D eigenvalue weighted by molar-refractivity contribution is 7.99. The number of ketones is 1. The lowest BCUT2D eigenvalue weighted by atomic mass is 9.73. The third kappa shape index (κ3) is 4.37. The summed E-state index contributed by atoms with van der Waals surface area (Å²) in [5.74, 6) is 2.23. The minimum atomic E-state index is -0.353. The van der Waals surface area contributed by atoms with Gasteiger partial charge in [0.15, 0.2) is 5.78 Å². The monoisotopic (exact) mass is 463 g/mol. The highest BCUT2D eigenvalue weighted by Gasteiger charge is 2.49. The van der Waals surface area contributed by atoms with Crippen LogP contribution in [0.3, 0.4) is 0 Å². The van der Waals surface area contributed by atoms with Crippen LogP contribution in [0, 0.1) is 11.3 Å². The summed E-state index contributed by atoms with van der Waals surface area (Å²) in [7, 11) is 0. The molecule has 0 aliphatic heterocycles. The standard InChI is InChI=1S/C24H27Cl2NO2S/c1-24(17-6-2-3-7-17)15-16-14-19(21(25)22(26)20(16)23(24)28)29-12-4-5-13-30-18-8-10-27-11-9-18/h8-11,14,17H,2-7,12-13,15H2,1H3. The Morgan fingerprint density at radius 3 is 2.63 bits per heavy atom. The molecular formula is C24H27Cl2NO2S. The van der Waals surface area contributed by atoms with Crippen molar-refractivity contribution >= 4 is 40.7 Å². The van der Waals surface area contributed by atoms with Crippen molar-refractivity contribution in [2.45, 2.75) is 56.8 Å². The van der Waals surface area contributed by atoms with Gasteiger partial charge in [-0.15, -0.1) is 11.8 Å². The van der Waals surface area contributed by atoms with Crippen LogP contribution in [-0.4, -0.2) is 23.1 Å². The van der Waals surface area contributed by atoms with E-state index in [1.165, 1.54) is 17.7 Å². The number of ether oxygens (including phenoxy) is 1. The number of benzene rings is 1. The van der Waals surface area contributed by atoms with Gasteiger partial charge in [-0.25, -0.2) is 0 Å². The first kappa shape index (κ1) is 22.0. The molecule has 2 aromatic rings. The number of pyridine rings is 1. The molecule has 0 radical (unpaired) electrons. The number of hydrogen-bond acceptors (Lipinski definition) is 4. The number of carbonyl (C=O) groups excluding carboxylic acids is 1. The van der Waals surface area contributed by atoms with Gasteiger partial charge in [-0.2, -0.15) is 0 Å². The van der Waals surface area contributed by atoms with Crippen LogP contribution in [0.25, 0.3) is 0 Å². The first-order chi connectivity index (χ1) is 14.5. The van der Waals surface area contributed by atoms with Crippen molar-refractivity contribution in [3.05, 3.63) is 51.8 Å². The molecule has 30 heavy (non-hydrogen) atoms. The molecule has 1 saturated carbocycles. The lowest BCUT2D eigenvalue weighted by molar-refractivity contribution is 0.0744. The van der Waals surface area contributed by atoms with Crippen LogP contribution in [0.15, 0.2) is 35.5 Å². The van der Waals surface area contributed by atoms with Crippen LogP contribution < -0.4 is 4.74 Å². The van der Waals surface area contributed by atoms with Crippen molar-refractivity contribution in [1.82, 2.24) is 4.98 Å². The Labute approximate surface area is 192 Å². The fourth-order valence-corrected chi connectivity index (χ4v) is 6.21. The third-order valence-corrected chi connectivity index (χ3v) is 8.48. The molecule has 160 valence electrons. The first-order valence-corrected chi connectivity index (χ1v) is 12.5. The summed E-state index contributed by atoms with van der Waals surface area (Å²) in [6.07, 6.45) is 11.0. The summed E-state index contributed by atoms with van der Waals surface area (Å²) in [4.78, 5) is 18.5. The molecule has 2 aliphatic rings. The largest absolute Gasteiger partial charge is 0.492 e. The number of aromatic nitrogens is 1. The molecule has 4 rings (SSSR count). The van der Waals surface area contributed by atoms with Gasteiger partial charge in [-0.05, 0) is 67.5 Å². The molecule has 0 spiro atoms. The van der Waals surface area contributed by atoms with Crippen LogP contribution in [0.2, 0.25) is 10.0 Å². The Bertz CT molecular complexity index is 915. The Morgan fingerprint density at radius 1 is 1.17 bits per heavy atom. The normalized spacial score (nSPS) is 21.2. The zero-order chi connectivity index (χ0) is 21.1. The van der Waals surface area contributed by atoms with Gasteiger partial charge in [0.2, 0.25) is 0 Å². The molecule has 0 N–H and O–H groups in total. The van der Waals surface area contributed by atoms with Gasteiger partial charge in [-0.3, -0.25) is 9.78 Å². The van der Waals surface area contributed by atoms with Gasteiger partial charge in [0.05, 0.1) is 11.6 Å². The van der Waals surface area contributed by atoms with Crippen molar-refractivity contribution in [1.29, 1.82) is 0 Å². The van der Waals surface area contributed by atoms with Gasteiger partial charge < -0.3 is 4.74 Å². The Balaban J connectivity index is 1.36. The molecule has 0 bridgehead atoms. The van der Waals surface area contributed by atoms with Gasteiger partial charge in [-0.1, -0.05) is 43.0 Å². The molecule has 0 saturated heterocycles. The van der Waals surface area contributed by atoms with Crippen molar-refractivity contribution in [2.75, 3.05) is 12.4 Å². The highest BCUT2D eigenvalue weighted by Crippen LogP contribution is 2.52. The number of nitrogens with zero attached hydrogens (tertiary/aromatic N) is 1. The molecule has 3 nitrogen and oxygen atoms in total. The van der Waals surface area contributed by atoms with E-state index in [1.807, 2.05) is 42.4 Å². The lowest BCUT2D eigenvalue weighted by Gasteiger charge is -2.29. The molecule has 1 aromatic carbocycles. The summed E-state index contributed by atoms with van der Waals surface area (Å²) in [6, 6.07) is 6.00. The van der Waals surface area contributed by atoms with Crippen molar-refractivity contribution in [3.63, 3.8) is 0 Å². The average Bonchev–Trinajstić information content (AvgIpc) is 3.37. The van der Waals surface area contributed by atoms with E-state index in [4.69, 9.17) is 27.9 Å². The van der Waals surface area contributed by atoms with Crippen LogP contribution in [0.4, 0.5) is 0 Å². The average molecular weight is 464 g/mol. The molecular weight excluding hydrogens is 437 g/mol. The maximum Gasteiger partial charge on any atom is 0.171 e. The predicted molar refractivity (Wildman–Crippen MR) is 124 cm³/mol. The van der Waals surface area contributed by atoms with Gasteiger partial charge in [0, 0.05) is 28.3 Å². The molecule has 1 fully saturated rings. The number of fused-ring (bicyclic) bond motifs is 1. The highest BCUT2D eigenvalue weighted by atomic mass is 35.5. The topological polar surface area (TPSA) is 39.2 Å². The lowest BCUT2D eigenvalue weighted by Crippen LogP contribution is -2.32. The van der Waals surface area contributed by atoms with Gasteiger partial charge in [0.1, 0.15) is 10.8 Å². The van der Waals surface area contributed by atoms with E-state index in [0.29, 0.717) is 33.9 Å². The second-order valence-corrected chi connectivity index (χ2v) is 10.5. The van der Waals surface area contributed by atoms with Crippen molar-refractivity contribution in [3.8, 4) is 5.75 Å². The number of hydrogen-bond donors (Lipinski definition) is 0. The number of rotatable bonds is 8. The summed E-state index contributed by atoms with van der Waals surface area (Å²) < 4.78 is 5.98. The summed E-state index contributed by atoms with van der Waals surface area (Å²) in [6.45, 7) is 2.69. The second-order valence-electron chi connectivity index (χ2n) is 8.53. The fraction of sp³-hybridized carbons (Fsp3) is 0.500. The molecule has 1 atom stereocenters. The predicted octanol–water partition coefficient (Wildman–Crippen LogP) is 7.28. The zero-order valence-electron chi connectivity index (χ0n) is 17.3. The third-order valence-electron chi connectivity index (χ3n) is 6.53. The SMILES string of the molecule is CC1(C2CCCC2)Cc2cc(OCCCCSc3ccncc3)c(Cl)c(Cl)c2C1=O. The van der Waals surface area contributed by atoms with E-state index in [9.17, 15) is 4.79 Å². The van der Waals surface area contributed by atoms with Gasteiger partial charge in [0.25, 0.3) is 0 Å². The minimum absolute atomic E-state index is 0.163. The van der Waals surface area contributed by atoms with E-state index >= 15 is 0 Å². The van der Waals surface area contributed by atoms with Crippen molar-refractivity contribution in [2.24, 2.45) is 11.3 Å². The maximum atomic E-state index is 13.2. The van der Waals surface area contributed by atoms with Gasteiger partial charge >= 0.3 is 0 Å². The molecule has 1 unspecified atom stereocenters. The van der Waals surface area contributed by atoms with E-state index in [-0.39, 0.29) is 11.2 Å². The van der Waals surface area contributed by atoms with E-state index < -0.39 is 0 Å². The van der Waals surface area contributed by atoms with E-state index in [0.717, 1.165) is 43.4 Å². The summed E-state index contributed by atoms with van der Waals surface area (Å²) >= 11 is 14.9. The van der Waals surface area contributed by atoms with Crippen molar-refractivity contribution < 1.29 is 9.53 Å². The molecule has 0 amide bonds. The summed E-state index contributed by atoms with van der Waals surface area (Å²) in [5, 5.41) is 0.731. The zero-order valence-corrected chi connectivity index (χ0v) is 19.6. The van der Waals surface area contributed by atoms with Crippen LogP contribution >= 0.6 is 35.0 Å². The molecule has 1 heterocycles. The van der Waals surface area contributed by atoms with E-state index in [1.54, 1.807) is 0 Å². The van der Waals surface area contributed by atoms with Crippen LogP contribution in [-0.2, 0) is 6.42 Å². The number of thioether (sulfide) groups is 1. The maximum absolute atomic E-state index is 13.2. The van der Waals surface area contributed by atoms with Crippen LogP contribution in [0.5, 0.6) is 5.75 Å². The smallest absolute Gasteiger partial charge is 0.171 e. The number of Topliss-reactive ketones (excluding diaryl/α,β-unsaturated/α-hetero) is 1. The quantitative estimate of drug-likeness (QED) is 0.304. The molecule has 1 aromatic heterocycles. The number of halogens is 2. The molecule has 6 heteroatoms. The molecule has 2 aliphatic carbocycles. The Hall–Kier alpha value is -1.23. The second kappa shape index (κ2) is 9.50. The summed E-state index contributed by atoms with van der Waals surface area (Å²) in [5.41, 5.74) is 1.26. The van der Waals surface area contributed by atoms with Crippen LogP contribution in [0.1, 0.15) is 61.4 Å². The number of unbranched alkanes of at least 4 members (excludes halogenated alkanes) is 1. The Morgan fingerprint density at radius 2 is 1.90 bits per heavy atom. The first-order valence-electron chi connectivity index (χ1n) is 10.7. The Kier molecular flexibility index (Phi) is 6.96. The number of carbonyl (C=O) groups is 1. The fourth-order valence-electron chi connectivity index (χ4n) is 4.81. The van der Waals surface area contributed by atoms with E-state index in [2.05, 4.69) is 11.9 Å². The minimum Gasteiger partial charge on any atom is -0.492 e.